The molecule has 1 aromatic carbocycles. The molecule has 2 N–H and O–H groups in total. The first-order valence-electron chi connectivity index (χ1n) is 7.09. The quantitative estimate of drug-likeness (QED) is 0.799. The highest BCUT2D eigenvalue weighted by Gasteiger charge is 2.30. The average Bonchev–Trinajstić information content (AvgIpc) is 3.07. The number of benzene rings is 1. The lowest BCUT2D eigenvalue weighted by atomic mass is 10.3. The molecule has 0 aliphatic heterocycles. The van der Waals surface area contributed by atoms with E-state index < -0.39 is 0 Å². The minimum absolute atomic E-state index is 0.504. The predicted octanol–water partition coefficient (Wildman–Crippen LogP) is 3.65. The topological polar surface area (TPSA) is 56.7 Å². The molecule has 1 saturated carbocycles. The summed E-state index contributed by atoms with van der Waals surface area (Å²) in [6, 6.07) is 6.38. The van der Waals surface area contributed by atoms with Gasteiger partial charge in [-0.2, -0.15) is 0 Å². The fourth-order valence-electron chi connectivity index (χ4n) is 2.63. The van der Waals surface area contributed by atoms with Crippen molar-refractivity contribution in [3.8, 4) is 11.5 Å². The monoisotopic (exact) mass is 318 g/mol. The Morgan fingerprint density at radius 2 is 2.19 bits per heavy atom. The number of nitrogens with two attached hydrogens (primary N) is 1. The van der Waals surface area contributed by atoms with Crippen LogP contribution < -0.4 is 5.73 Å². The van der Waals surface area contributed by atoms with Gasteiger partial charge in [-0.3, -0.25) is 0 Å². The summed E-state index contributed by atoms with van der Waals surface area (Å²) in [5, 5.41) is 3.89. The summed E-state index contributed by atoms with van der Waals surface area (Å²) in [5.41, 5.74) is 8.51. The summed E-state index contributed by atoms with van der Waals surface area (Å²) >= 11 is 8.04. The number of halogens is 1. The molecule has 0 saturated heterocycles. The molecule has 4 rings (SSSR count). The van der Waals surface area contributed by atoms with Crippen LogP contribution in [0.25, 0.3) is 22.6 Å². The van der Waals surface area contributed by atoms with Gasteiger partial charge in [-0.15, -0.1) is 11.3 Å². The van der Waals surface area contributed by atoms with E-state index >= 15 is 0 Å². The molecule has 1 fully saturated rings. The van der Waals surface area contributed by atoms with E-state index in [1.54, 1.807) is 11.3 Å². The first-order chi connectivity index (χ1) is 10.3. The second kappa shape index (κ2) is 5.09. The molecule has 0 amide bonds. The maximum Gasteiger partial charge on any atom is 0.160 e. The maximum absolute atomic E-state index is 6.39. The van der Waals surface area contributed by atoms with Crippen LogP contribution in [0.1, 0.15) is 23.9 Å². The van der Waals surface area contributed by atoms with Crippen LogP contribution in [-0.4, -0.2) is 21.1 Å². The van der Waals surface area contributed by atoms with E-state index in [-0.39, 0.29) is 0 Å². The van der Waals surface area contributed by atoms with Gasteiger partial charge in [-0.25, -0.2) is 9.97 Å². The van der Waals surface area contributed by atoms with Crippen molar-refractivity contribution in [2.24, 2.45) is 5.73 Å². The molecular weight excluding hydrogens is 304 g/mol. The van der Waals surface area contributed by atoms with Gasteiger partial charge in [-0.05, 0) is 31.5 Å². The van der Waals surface area contributed by atoms with Crippen molar-refractivity contribution in [1.82, 2.24) is 14.5 Å². The molecule has 0 spiro atoms. The number of hydrogen-bond donors (Lipinski definition) is 1. The average molecular weight is 319 g/mol. The normalized spacial score (nSPS) is 15.0. The van der Waals surface area contributed by atoms with Crippen molar-refractivity contribution in [3.63, 3.8) is 0 Å². The molecule has 0 unspecified atom stereocenters. The lowest BCUT2D eigenvalue weighted by Gasteiger charge is -2.06. The number of thiazole rings is 1. The number of hydrogen-bond acceptors (Lipinski definition) is 4. The van der Waals surface area contributed by atoms with Crippen molar-refractivity contribution in [2.45, 2.75) is 25.3 Å². The number of nitrogens with zero attached hydrogens (tertiary/aromatic N) is 3. The third kappa shape index (κ3) is 2.25. The Hall–Kier alpha value is -1.43. The van der Waals surface area contributed by atoms with Crippen LogP contribution in [0.2, 0.25) is 5.02 Å². The smallest absolute Gasteiger partial charge is 0.160 e. The fourth-order valence-corrected chi connectivity index (χ4v) is 3.68. The Bertz CT molecular complexity index is 803. The second-order valence-corrected chi connectivity index (χ2v) is 6.66. The number of aromatic nitrogens is 3. The van der Waals surface area contributed by atoms with E-state index in [0.717, 1.165) is 39.0 Å². The first kappa shape index (κ1) is 13.2. The van der Waals surface area contributed by atoms with Gasteiger partial charge >= 0.3 is 0 Å². The summed E-state index contributed by atoms with van der Waals surface area (Å²) in [6.45, 7) is 0.623. The van der Waals surface area contributed by atoms with Crippen LogP contribution in [0.15, 0.2) is 23.6 Å². The summed E-state index contributed by atoms with van der Waals surface area (Å²) < 4.78 is 2.26. The molecule has 108 valence electrons. The zero-order chi connectivity index (χ0) is 14.4. The number of imidazole rings is 1. The Kier molecular flexibility index (Phi) is 3.21. The van der Waals surface area contributed by atoms with Gasteiger partial charge in [0.05, 0.1) is 21.1 Å². The van der Waals surface area contributed by atoms with Crippen molar-refractivity contribution < 1.29 is 0 Å². The van der Waals surface area contributed by atoms with Crippen molar-refractivity contribution in [3.05, 3.63) is 33.6 Å². The number of para-hydroxylation sites is 1. The van der Waals surface area contributed by atoms with E-state index in [4.69, 9.17) is 22.3 Å². The van der Waals surface area contributed by atoms with Crippen LogP contribution in [0.3, 0.4) is 0 Å². The molecule has 0 bridgehead atoms. The summed E-state index contributed by atoms with van der Waals surface area (Å²) in [4.78, 5) is 9.45. The van der Waals surface area contributed by atoms with Gasteiger partial charge in [0.25, 0.3) is 0 Å². The van der Waals surface area contributed by atoms with Crippen LogP contribution in [0, 0.1) is 0 Å². The van der Waals surface area contributed by atoms with Gasteiger partial charge in [0.15, 0.2) is 5.82 Å². The molecular formula is C15H15ClN4S. The van der Waals surface area contributed by atoms with Gasteiger partial charge in [0.2, 0.25) is 0 Å². The Labute approximate surface area is 131 Å². The zero-order valence-corrected chi connectivity index (χ0v) is 13.0. The minimum atomic E-state index is 0.504. The van der Waals surface area contributed by atoms with Crippen LogP contribution in [0.4, 0.5) is 0 Å². The molecule has 4 nitrogen and oxygen atoms in total. The lowest BCUT2D eigenvalue weighted by Crippen LogP contribution is -2.02. The van der Waals surface area contributed by atoms with E-state index in [0.29, 0.717) is 12.6 Å². The fraction of sp³-hybridized carbons (Fsp3) is 0.333. The third-order valence-corrected chi connectivity index (χ3v) is 4.93. The highest BCUT2D eigenvalue weighted by Crippen LogP contribution is 2.42. The highest BCUT2D eigenvalue weighted by atomic mass is 35.5. The third-order valence-electron chi connectivity index (χ3n) is 3.71. The molecule has 1 aliphatic carbocycles. The predicted molar refractivity (Wildman–Crippen MR) is 86.9 cm³/mol. The van der Waals surface area contributed by atoms with Gasteiger partial charge in [0.1, 0.15) is 5.69 Å². The lowest BCUT2D eigenvalue weighted by molar-refractivity contribution is 0.772. The van der Waals surface area contributed by atoms with E-state index in [2.05, 4.69) is 14.9 Å². The zero-order valence-electron chi connectivity index (χ0n) is 11.4. The van der Waals surface area contributed by atoms with Crippen LogP contribution in [-0.2, 0) is 6.42 Å². The van der Waals surface area contributed by atoms with Gasteiger partial charge in [0, 0.05) is 17.8 Å². The van der Waals surface area contributed by atoms with Crippen molar-refractivity contribution in [2.75, 3.05) is 6.54 Å². The van der Waals surface area contributed by atoms with Crippen molar-refractivity contribution in [1.29, 1.82) is 0 Å². The van der Waals surface area contributed by atoms with E-state index in [1.807, 2.05) is 18.2 Å². The molecule has 1 aliphatic rings. The standard InChI is InChI=1S/C15H15ClN4S/c16-10-2-1-3-11-14(10)20(9-4-5-9)15(19-11)12-8-21-13(18-12)6-7-17/h1-3,8-9H,4-7,17H2. The van der Waals surface area contributed by atoms with Gasteiger partial charge < -0.3 is 10.3 Å². The summed E-state index contributed by atoms with van der Waals surface area (Å²) in [6.07, 6.45) is 3.18. The molecule has 2 heterocycles. The Morgan fingerprint density at radius 1 is 1.33 bits per heavy atom. The highest BCUT2D eigenvalue weighted by molar-refractivity contribution is 7.09. The second-order valence-electron chi connectivity index (χ2n) is 5.31. The molecule has 0 atom stereocenters. The maximum atomic E-state index is 6.39. The van der Waals surface area contributed by atoms with Crippen LogP contribution in [0.5, 0.6) is 0 Å². The van der Waals surface area contributed by atoms with E-state index in [1.165, 1.54) is 12.8 Å². The molecule has 0 radical (unpaired) electrons. The summed E-state index contributed by atoms with van der Waals surface area (Å²) in [7, 11) is 0. The molecule has 3 aromatic rings. The SMILES string of the molecule is NCCc1nc(-c2nc3cccc(Cl)c3n2C2CC2)cs1. The summed E-state index contributed by atoms with van der Waals surface area (Å²) in [5.74, 6) is 0.931. The van der Waals surface area contributed by atoms with Crippen LogP contribution >= 0.6 is 22.9 Å². The number of rotatable bonds is 4. The van der Waals surface area contributed by atoms with Gasteiger partial charge in [-0.1, -0.05) is 17.7 Å². The largest absolute Gasteiger partial charge is 0.330 e. The number of fused-ring (bicyclic) bond motifs is 1. The Morgan fingerprint density at radius 3 is 2.95 bits per heavy atom. The first-order valence-corrected chi connectivity index (χ1v) is 8.35. The molecule has 2 aromatic heterocycles. The molecule has 21 heavy (non-hydrogen) atoms. The Balaban J connectivity index is 1.91. The molecule has 6 heteroatoms. The minimum Gasteiger partial charge on any atom is -0.330 e. The van der Waals surface area contributed by atoms with E-state index in [9.17, 15) is 0 Å². The van der Waals surface area contributed by atoms with Crippen molar-refractivity contribution >= 4 is 34.0 Å².